The summed E-state index contributed by atoms with van der Waals surface area (Å²) in [5.74, 6) is -0.552. The minimum atomic E-state index is -0.677. The van der Waals surface area contributed by atoms with Crippen molar-refractivity contribution in [1.82, 2.24) is 10.6 Å². The minimum absolute atomic E-state index is 0.193. The summed E-state index contributed by atoms with van der Waals surface area (Å²) in [6, 6.07) is 7.95. The van der Waals surface area contributed by atoms with Crippen LogP contribution in [-0.4, -0.2) is 31.2 Å². The Labute approximate surface area is 159 Å². The van der Waals surface area contributed by atoms with E-state index in [1.54, 1.807) is 6.92 Å². The molecule has 146 valence electrons. The summed E-state index contributed by atoms with van der Waals surface area (Å²) in [6.45, 7) is 5.75. The van der Waals surface area contributed by atoms with E-state index in [2.05, 4.69) is 10.6 Å². The van der Waals surface area contributed by atoms with Gasteiger partial charge in [-0.1, -0.05) is 44.2 Å². The van der Waals surface area contributed by atoms with Gasteiger partial charge in [0.15, 0.2) is 0 Å². The minimum Gasteiger partial charge on any atom is -0.463 e. The van der Waals surface area contributed by atoms with Gasteiger partial charge in [0.2, 0.25) is 0 Å². The van der Waals surface area contributed by atoms with Crippen molar-refractivity contribution in [3.63, 3.8) is 0 Å². The lowest BCUT2D eigenvalue weighted by Crippen LogP contribution is -2.47. The molecule has 0 fully saturated rings. The molecule has 0 bridgehead atoms. The second-order valence-electron chi connectivity index (χ2n) is 6.65. The molecule has 1 aromatic rings. The maximum absolute atomic E-state index is 12.5. The molecular formula is C20H26N2O5. The highest BCUT2D eigenvalue weighted by atomic mass is 16.5. The smallest absolute Gasteiger partial charge is 0.338 e. The lowest BCUT2D eigenvalue weighted by atomic mass is 9.95. The van der Waals surface area contributed by atoms with E-state index in [1.807, 2.05) is 44.2 Å². The van der Waals surface area contributed by atoms with Gasteiger partial charge in [0, 0.05) is 6.42 Å². The average molecular weight is 374 g/mol. The van der Waals surface area contributed by atoms with Crippen LogP contribution in [0.5, 0.6) is 0 Å². The fourth-order valence-corrected chi connectivity index (χ4v) is 2.71. The molecule has 0 spiro atoms. The molecule has 0 aromatic heterocycles. The van der Waals surface area contributed by atoms with Crippen molar-refractivity contribution in [3.05, 3.63) is 47.2 Å². The number of hydrogen-bond acceptors (Lipinski definition) is 5. The first-order valence-corrected chi connectivity index (χ1v) is 9.10. The summed E-state index contributed by atoms with van der Waals surface area (Å²) in [6.07, 6.45) is 0.997. The molecule has 0 unspecified atom stereocenters. The average Bonchev–Trinajstić information content (AvgIpc) is 2.65. The van der Waals surface area contributed by atoms with Crippen LogP contribution < -0.4 is 10.6 Å². The predicted octanol–water partition coefficient (Wildman–Crippen LogP) is 2.84. The van der Waals surface area contributed by atoms with Gasteiger partial charge in [-0.25, -0.2) is 9.59 Å². The second kappa shape index (κ2) is 9.75. The van der Waals surface area contributed by atoms with Crippen LogP contribution in [0.3, 0.4) is 0 Å². The Hall–Kier alpha value is -2.83. The zero-order valence-corrected chi connectivity index (χ0v) is 15.9. The molecule has 0 saturated carbocycles. The topological polar surface area (TPSA) is 93.7 Å². The van der Waals surface area contributed by atoms with Crippen molar-refractivity contribution < 1.29 is 23.9 Å². The van der Waals surface area contributed by atoms with Crippen LogP contribution in [0.15, 0.2) is 41.6 Å². The normalized spacial score (nSPS) is 16.6. The summed E-state index contributed by atoms with van der Waals surface area (Å²) in [5.41, 5.74) is 1.21. The molecule has 27 heavy (non-hydrogen) atoms. The lowest BCUT2D eigenvalue weighted by Gasteiger charge is -2.29. The molecule has 0 saturated heterocycles. The number of benzene rings is 1. The molecule has 2 rings (SSSR count). The van der Waals surface area contributed by atoms with E-state index in [4.69, 9.17) is 9.47 Å². The van der Waals surface area contributed by atoms with Gasteiger partial charge in [-0.2, -0.15) is 0 Å². The molecule has 0 radical (unpaired) electrons. The maximum atomic E-state index is 12.5. The zero-order valence-electron chi connectivity index (χ0n) is 15.9. The van der Waals surface area contributed by atoms with Crippen LogP contribution in [-0.2, 0) is 19.1 Å². The van der Waals surface area contributed by atoms with Crippen molar-refractivity contribution in [2.45, 2.75) is 39.7 Å². The molecule has 1 aliphatic rings. The van der Waals surface area contributed by atoms with E-state index in [0.717, 1.165) is 5.56 Å². The number of rotatable bonds is 8. The van der Waals surface area contributed by atoms with Crippen LogP contribution in [0, 0.1) is 5.92 Å². The molecule has 1 atom stereocenters. The molecule has 7 nitrogen and oxygen atoms in total. The number of carbonyl (C=O) groups is 3. The molecular weight excluding hydrogens is 348 g/mol. The second-order valence-corrected chi connectivity index (χ2v) is 6.65. The number of carbonyl (C=O) groups excluding carboxylic acids is 3. The Morgan fingerprint density at radius 2 is 1.85 bits per heavy atom. The Bertz CT molecular complexity index is 712. The lowest BCUT2D eigenvalue weighted by molar-refractivity contribution is -0.144. The molecule has 0 aliphatic carbocycles. The van der Waals surface area contributed by atoms with Crippen LogP contribution in [0.2, 0.25) is 0 Å². The molecule has 1 aromatic carbocycles. The van der Waals surface area contributed by atoms with E-state index in [1.165, 1.54) is 0 Å². The number of urea groups is 1. The SMILES string of the molecule is CCOC(=O)C1=C(COC(=O)CCC(C)C)NC(=O)N[C@@H]1c1ccccc1. The van der Waals surface area contributed by atoms with Crippen molar-refractivity contribution in [2.75, 3.05) is 13.2 Å². The highest BCUT2D eigenvalue weighted by Gasteiger charge is 2.34. The van der Waals surface area contributed by atoms with Crippen LogP contribution in [0.25, 0.3) is 0 Å². The van der Waals surface area contributed by atoms with Gasteiger partial charge < -0.3 is 20.1 Å². The van der Waals surface area contributed by atoms with E-state index < -0.39 is 18.0 Å². The Balaban J connectivity index is 2.27. The van der Waals surface area contributed by atoms with Crippen molar-refractivity contribution in [3.8, 4) is 0 Å². The van der Waals surface area contributed by atoms with Gasteiger partial charge in [0.05, 0.1) is 23.9 Å². The standard InChI is InChI=1S/C20H26N2O5/c1-4-26-19(24)17-15(12-27-16(23)11-10-13(2)3)21-20(25)22-18(17)14-8-6-5-7-9-14/h5-9,13,18H,4,10-12H2,1-3H3,(H2,21,22,25)/t18-/m1/s1. The third-order valence-corrected chi connectivity index (χ3v) is 4.09. The molecule has 1 aliphatic heterocycles. The predicted molar refractivity (Wildman–Crippen MR) is 99.5 cm³/mol. The van der Waals surface area contributed by atoms with Gasteiger partial charge in [0.1, 0.15) is 6.61 Å². The van der Waals surface area contributed by atoms with E-state index in [9.17, 15) is 14.4 Å². The molecule has 2 amide bonds. The fraction of sp³-hybridized carbons (Fsp3) is 0.450. The van der Waals surface area contributed by atoms with Gasteiger partial charge >= 0.3 is 18.0 Å². The van der Waals surface area contributed by atoms with E-state index in [-0.39, 0.29) is 36.9 Å². The number of hydrogen-bond donors (Lipinski definition) is 2. The largest absolute Gasteiger partial charge is 0.463 e. The summed E-state index contributed by atoms with van der Waals surface area (Å²) in [4.78, 5) is 36.6. The maximum Gasteiger partial charge on any atom is 0.338 e. The summed E-state index contributed by atoms with van der Waals surface area (Å²) in [5, 5.41) is 5.31. The van der Waals surface area contributed by atoms with Crippen LogP contribution in [0.4, 0.5) is 4.79 Å². The Morgan fingerprint density at radius 3 is 2.48 bits per heavy atom. The van der Waals surface area contributed by atoms with E-state index in [0.29, 0.717) is 12.3 Å². The fourth-order valence-electron chi connectivity index (χ4n) is 2.71. The monoisotopic (exact) mass is 374 g/mol. The number of ether oxygens (including phenoxy) is 2. The zero-order chi connectivity index (χ0) is 19.8. The summed E-state index contributed by atoms with van der Waals surface area (Å²) in [7, 11) is 0. The van der Waals surface area contributed by atoms with Crippen molar-refractivity contribution in [1.29, 1.82) is 0 Å². The third-order valence-electron chi connectivity index (χ3n) is 4.09. The van der Waals surface area contributed by atoms with Crippen LogP contribution in [0.1, 0.15) is 45.2 Å². The van der Waals surface area contributed by atoms with Crippen molar-refractivity contribution >= 4 is 18.0 Å². The van der Waals surface area contributed by atoms with E-state index >= 15 is 0 Å². The molecule has 7 heteroatoms. The number of nitrogens with one attached hydrogen (secondary N) is 2. The van der Waals surface area contributed by atoms with Gasteiger partial charge in [-0.05, 0) is 24.8 Å². The first kappa shape index (κ1) is 20.5. The summed E-state index contributed by atoms with van der Waals surface area (Å²) >= 11 is 0. The molecule has 1 heterocycles. The summed E-state index contributed by atoms with van der Waals surface area (Å²) < 4.78 is 10.4. The number of amides is 2. The van der Waals surface area contributed by atoms with Gasteiger partial charge in [0.25, 0.3) is 0 Å². The first-order chi connectivity index (χ1) is 12.9. The number of esters is 2. The molecule has 2 N–H and O–H groups in total. The first-order valence-electron chi connectivity index (χ1n) is 9.10. The highest BCUT2D eigenvalue weighted by molar-refractivity contribution is 5.95. The Morgan fingerprint density at radius 1 is 1.15 bits per heavy atom. The quantitative estimate of drug-likeness (QED) is 0.683. The van der Waals surface area contributed by atoms with Crippen LogP contribution >= 0.6 is 0 Å². The highest BCUT2D eigenvalue weighted by Crippen LogP contribution is 2.27. The van der Waals surface area contributed by atoms with Gasteiger partial charge in [-0.15, -0.1) is 0 Å². The van der Waals surface area contributed by atoms with Gasteiger partial charge in [-0.3, -0.25) is 4.79 Å². The third kappa shape index (κ3) is 5.84. The van der Waals surface area contributed by atoms with Crippen molar-refractivity contribution in [2.24, 2.45) is 5.92 Å². The Kier molecular flexibility index (Phi) is 7.40.